The summed E-state index contributed by atoms with van der Waals surface area (Å²) in [5.41, 5.74) is 5.03. The number of benzene rings is 2. The van der Waals surface area contributed by atoms with Crippen LogP contribution in [0, 0.1) is 24.1 Å². The van der Waals surface area contributed by atoms with Crippen molar-refractivity contribution < 1.29 is 23.8 Å². The van der Waals surface area contributed by atoms with E-state index in [0.29, 0.717) is 24.2 Å². The van der Waals surface area contributed by atoms with Crippen LogP contribution in [0.1, 0.15) is 78.1 Å². The summed E-state index contributed by atoms with van der Waals surface area (Å²) in [5, 5.41) is 11.9. The van der Waals surface area contributed by atoms with Gasteiger partial charge >= 0.3 is 0 Å². The lowest BCUT2D eigenvalue weighted by Gasteiger charge is -2.39. The molecular weight excluding hydrogens is 547 g/mol. The Morgan fingerprint density at radius 3 is 2.39 bits per heavy atom. The van der Waals surface area contributed by atoms with Gasteiger partial charge in [-0.2, -0.15) is 0 Å². The maximum absolute atomic E-state index is 15.6. The van der Waals surface area contributed by atoms with Crippen LogP contribution < -0.4 is 5.73 Å². The van der Waals surface area contributed by atoms with Gasteiger partial charge in [0.25, 0.3) is 5.91 Å². The minimum absolute atomic E-state index is 0.00798. The first-order valence-electron chi connectivity index (χ1n) is 13.8. The van der Waals surface area contributed by atoms with E-state index in [2.05, 4.69) is 9.97 Å². The van der Waals surface area contributed by atoms with Crippen molar-refractivity contribution in [1.29, 1.82) is 0 Å². The lowest BCUT2D eigenvalue weighted by molar-refractivity contribution is -0.129. The van der Waals surface area contributed by atoms with Gasteiger partial charge in [-0.05, 0) is 80.8 Å². The maximum Gasteiger partial charge on any atom is 0.257 e. The lowest BCUT2D eigenvalue weighted by atomic mass is 9.70. The van der Waals surface area contributed by atoms with E-state index >= 15 is 4.39 Å². The molecule has 2 aromatic carbocycles. The summed E-state index contributed by atoms with van der Waals surface area (Å²) < 4.78 is 21.6. The Kier molecular flexibility index (Phi) is 8.14. The number of amides is 2. The fourth-order valence-corrected chi connectivity index (χ4v) is 5.35. The Morgan fingerprint density at radius 1 is 1.22 bits per heavy atom. The van der Waals surface area contributed by atoms with Crippen LogP contribution in [0.2, 0.25) is 5.02 Å². The Balaban J connectivity index is 0.000000423. The topological polar surface area (TPSA) is 119 Å². The van der Waals surface area contributed by atoms with Crippen LogP contribution in [0.4, 0.5) is 4.39 Å². The average molecular weight is 581 g/mol. The number of rotatable bonds is 8. The maximum atomic E-state index is 15.6. The highest BCUT2D eigenvalue weighted by Crippen LogP contribution is 2.49. The molecule has 0 spiro atoms. The molecule has 2 unspecified atom stereocenters. The highest BCUT2D eigenvalue weighted by atomic mass is 35.5. The molecule has 3 aliphatic rings. The van der Waals surface area contributed by atoms with Crippen molar-refractivity contribution in [2.24, 2.45) is 17.1 Å². The van der Waals surface area contributed by atoms with Crippen molar-refractivity contribution >= 4 is 23.4 Å². The first-order valence-corrected chi connectivity index (χ1v) is 14.2. The van der Waals surface area contributed by atoms with Gasteiger partial charge in [0.05, 0.1) is 29.7 Å². The van der Waals surface area contributed by atoms with E-state index < -0.39 is 34.9 Å². The standard InChI is InChI=1S/C25H29FN4O4.C6H5Cl/c1-14-10-28-19(29-11-14)12-30-21(31)17-8-16(24(2,33)15-4-3-5-15)9-18(26)20(17)22(30)34-13-25(6-7-25)23(27)32;7-6-4-2-1-3-5-6/h8-11,15,22,33H,3-7,12-13H2,1-2H3,(H2,27,32);1-5H. The summed E-state index contributed by atoms with van der Waals surface area (Å²) in [7, 11) is 0. The molecule has 2 heterocycles. The monoisotopic (exact) mass is 580 g/mol. The molecule has 2 saturated carbocycles. The number of ether oxygens (including phenoxy) is 1. The lowest BCUT2D eigenvalue weighted by Crippen LogP contribution is -2.36. The number of primary amides is 1. The van der Waals surface area contributed by atoms with Crippen molar-refractivity contribution in [2.45, 2.75) is 64.3 Å². The third-order valence-electron chi connectivity index (χ3n) is 8.41. The van der Waals surface area contributed by atoms with Crippen LogP contribution in [0.25, 0.3) is 0 Å². The number of carbonyl (C=O) groups is 2. The number of aryl methyl sites for hydroxylation is 1. The molecule has 2 fully saturated rings. The van der Waals surface area contributed by atoms with Gasteiger partial charge in [-0.25, -0.2) is 14.4 Å². The second kappa shape index (κ2) is 11.5. The fraction of sp³-hybridized carbons (Fsp3) is 0.419. The number of carbonyl (C=O) groups excluding carboxylic acids is 2. The minimum Gasteiger partial charge on any atom is -0.385 e. The Labute approximate surface area is 243 Å². The number of aliphatic hydroxyl groups is 1. The number of halogens is 2. The van der Waals surface area contributed by atoms with Crippen LogP contribution in [-0.4, -0.2) is 38.4 Å². The smallest absolute Gasteiger partial charge is 0.257 e. The van der Waals surface area contributed by atoms with Crippen LogP contribution in [0.5, 0.6) is 0 Å². The van der Waals surface area contributed by atoms with Gasteiger partial charge < -0.3 is 20.5 Å². The van der Waals surface area contributed by atoms with Crippen molar-refractivity contribution in [1.82, 2.24) is 14.9 Å². The van der Waals surface area contributed by atoms with E-state index in [1.807, 2.05) is 37.3 Å². The van der Waals surface area contributed by atoms with Gasteiger partial charge in [-0.3, -0.25) is 9.59 Å². The van der Waals surface area contributed by atoms with Gasteiger partial charge in [-0.1, -0.05) is 36.2 Å². The number of aromatic nitrogens is 2. The average Bonchev–Trinajstić information content (AvgIpc) is 3.65. The first kappa shape index (κ1) is 29.1. The molecule has 1 aliphatic heterocycles. The zero-order chi connectivity index (χ0) is 29.4. The number of nitrogens with two attached hydrogens (primary N) is 1. The molecule has 2 aliphatic carbocycles. The fourth-order valence-electron chi connectivity index (χ4n) is 5.21. The SMILES string of the molecule is Cc1cnc(CN2C(=O)c3cc(C(C)(O)C4CCC4)cc(F)c3C2OCC2(C(N)=O)CC2)nc1.Clc1ccccc1. The summed E-state index contributed by atoms with van der Waals surface area (Å²) >= 11 is 5.54. The molecule has 0 radical (unpaired) electrons. The van der Waals surface area contributed by atoms with Crippen LogP contribution >= 0.6 is 11.6 Å². The van der Waals surface area contributed by atoms with Gasteiger partial charge in [0.2, 0.25) is 5.91 Å². The summed E-state index contributed by atoms with van der Waals surface area (Å²) in [4.78, 5) is 35.3. The predicted octanol–water partition coefficient (Wildman–Crippen LogP) is 5.21. The molecule has 216 valence electrons. The normalized spacial score (nSPS) is 20.4. The van der Waals surface area contributed by atoms with Gasteiger partial charge in [0.1, 0.15) is 11.6 Å². The van der Waals surface area contributed by atoms with E-state index in [0.717, 1.165) is 29.8 Å². The van der Waals surface area contributed by atoms with E-state index in [1.165, 1.54) is 11.0 Å². The summed E-state index contributed by atoms with van der Waals surface area (Å²) in [6, 6.07) is 12.3. The quantitative estimate of drug-likeness (QED) is 0.378. The minimum atomic E-state index is -1.23. The number of nitrogens with zero attached hydrogens (tertiary/aromatic N) is 3. The predicted molar refractivity (Wildman–Crippen MR) is 151 cm³/mol. The zero-order valence-electron chi connectivity index (χ0n) is 23.1. The van der Waals surface area contributed by atoms with Crippen molar-refractivity contribution in [3.8, 4) is 0 Å². The zero-order valence-corrected chi connectivity index (χ0v) is 23.9. The summed E-state index contributed by atoms with van der Waals surface area (Å²) in [6.07, 6.45) is 6.18. The van der Waals surface area contributed by atoms with E-state index in [-0.39, 0.29) is 30.2 Å². The third kappa shape index (κ3) is 5.98. The van der Waals surface area contributed by atoms with E-state index in [4.69, 9.17) is 22.1 Å². The van der Waals surface area contributed by atoms with Crippen LogP contribution in [0.3, 0.4) is 0 Å². The highest BCUT2D eigenvalue weighted by molar-refractivity contribution is 6.30. The van der Waals surface area contributed by atoms with Crippen molar-refractivity contribution in [3.63, 3.8) is 0 Å². The van der Waals surface area contributed by atoms with Crippen molar-refractivity contribution in [3.05, 3.63) is 93.8 Å². The van der Waals surface area contributed by atoms with Crippen LogP contribution in [-0.2, 0) is 21.7 Å². The molecule has 2 amide bonds. The molecule has 10 heteroatoms. The molecule has 0 bridgehead atoms. The number of hydrogen-bond acceptors (Lipinski definition) is 6. The molecule has 3 N–H and O–H groups in total. The Hall–Kier alpha value is -3.40. The second-order valence-electron chi connectivity index (χ2n) is 11.4. The largest absolute Gasteiger partial charge is 0.385 e. The molecule has 1 aromatic heterocycles. The summed E-state index contributed by atoms with van der Waals surface area (Å²) in [5.74, 6) is -1.10. The first-order chi connectivity index (χ1) is 19.5. The number of hydrogen-bond donors (Lipinski definition) is 2. The molecule has 6 rings (SSSR count). The van der Waals surface area contributed by atoms with Crippen molar-refractivity contribution in [2.75, 3.05) is 6.61 Å². The van der Waals surface area contributed by atoms with Gasteiger partial charge in [0, 0.05) is 23.0 Å². The second-order valence-corrected chi connectivity index (χ2v) is 11.8. The molecule has 2 atom stereocenters. The molecule has 8 nitrogen and oxygen atoms in total. The molecule has 41 heavy (non-hydrogen) atoms. The van der Waals surface area contributed by atoms with Crippen LogP contribution in [0.15, 0.2) is 54.9 Å². The molecule has 3 aromatic rings. The Bertz CT molecular complexity index is 1430. The summed E-state index contributed by atoms with van der Waals surface area (Å²) in [6.45, 7) is 3.53. The van der Waals surface area contributed by atoms with E-state index in [1.54, 1.807) is 25.4 Å². The molecular formula is C31H34ClFN4O4. The van der Waals surface area contributed by atoms with Gasteiger partial charge in [-0.15, -0.1) is 0 Å². The van der Waals surface area contributed by atoms with Gasteiger partial charge in [0.15, 0.2) is 6.23 Å². The highest BCUT2D eigenvalue weighted by Gasteiger charge is 2.51. The number of fused-ring (bicyclic) bond motifs is 1. The van der Waals surface area contributed by atoms with E-state index in [9.17, 15) is 14.7 Å². The Morgan fingerprint density at radius 2 is 1.88 bits per heavy atom. The molecule has 0 saturated heterocycles. The third-order valence-corrected chi connectivity index (χ3v) is 8.66.